The summed E-state index contributed by atoms with van der Waals surface area (Å²) in [5.41, 5.74) is 11.4. The summed E-state index contributed by atoms with van der Waals surface area (Å²) in [7, 11) is 0. The molecule has 2 aliphatic carbocycles. The van der Waals surface area contributed by atoms with Crippen LogP contribution < -0.4 is 21.5 Å². The highest BCUT2D eigenvalue weighted by Crippen LogP contribution is 2.44. The quantitative estimate of drug-likeness (QED) is 0.639. The van der Waals surface area contributed by atoms with Crippen LogP contribution in [-0.2, 0) is 4.79 Å². The number of fused-ring (bicyclic) bond motifs is 2. The Kier molecular flexibility index (Phi) is 4.76. The van der Waals surface area contributed by atoms with Gasteiger partial charge in [-0.25, -0.2) is 0 Å². The molecule has 2 aromatic rings. The maximum absolute atomic E-state index is 13.2. The van der Waals surface area contributed by atoms with Crippen LogP contribution in [0.2, 0.25) is 0 Å². The van der Waals surface area contributed by atoms with Crippen molar-refractivity contribution in [1.82, 2.24) is 14.8 Å². The van der Waals surface area contributed by atoms with Gasteiger partial charge in [0.2, 0.25) is 17.8 Å². The standard InChI is InChI=1S/C21H26N6O3/c1-21(2,3)30-14-6-4-5-13(10-14)18(29)27-20(25-19(23)26-27)24-16-12-8-7-11(9-12)15(16)17(22)28/h4-8,10-12,15-16H,9H2,1-3H3,(H2,22,28)(H3,23,24,25,26). The number of anilines is 2. The first-order valence-electron chi connectivity index (χ1n) is 9.93. The summed E-state index contributed by atoms with van der Waals surface area (Å²) in [6, 6.07) is 6.60. The Hall–Kier alpha value is -3.36. The van der Waals surface area contributed by atoms with E-state index < -0.39 is 11.5 Å². The lowest BCUT2D eigenvalue weighted by molar-refractivity contribution is -0.122. The third-order valence-corrected chi connectivity index (χ3v) is 5.40. The van der Waals surface area contributed by atoms with Crippen molar-refractivity contribution in [3.05, 3.63) is 42.0 Å². The number of rotatable bonds is 5. The van der Waals surface area contributed by atoms with E-state index in [0.717, 1.165) is 11.1 Å². The van der Waals surface area contributed by atoms with E-state index in [0.29, 0.717) is 11.3 Å². The average molecular weight is 410 g/mol. The number of nitrogens with one attached hydrogen (secondary N) is 1. The van der Waals surface area contributed by atoms with E-state index in [4.69, 9.17) is 16.2 Å². The molecule has 1 heterocycles. The lowest BCUT2D eigenvalue weighted by atomic mass is 9.88. The Bertz CT molecular complexity index is 1020. The Morgan fingerprint density at radius 3 is 2.67 bits per heavy atom. The second-order valence-electron chi connectivity index (χ2n) is 8.80. The van der Waals surface area contributed by atoms with Gasteiger partial charge < -0.3 is 21.5 Å². The Balaban J connectivity index is 1.61. The molecule has 0 spiro atoms. The second-order valence-corrected chi connectivity index (χ2v) is 8.80. The summed E-state index contributed by atoms with van der Waals surface area (Å²) >= 11 is 0. The van der Waals surface area contributed by atoms with Crippen LogP contribution in [0.15, 0.2) is 36.4 Å². The number of carbonyl (C=O) groups excluding carboxylic acids is 2. The number of nitrogen functional groups attached to an aromatic ring is 1. The molecule has 2 aliphatic rings. The van der Waals surface area contributed by atoms with Crippen molar-refractivity contribution < 1.29 is 14.3 Å². The van der Waals surface area contributed by atoms with Crippen LogP contribution in [0, 0.1) is 17.8 Å². The molecule has 0 radical (unpaired) electrons. The molecule has 4 atom stereocenters. The van der Waals surface area contributed by atoms with E-state index in [1.807, 2.05) is 26.8 Å². The topological polar surface area (TPSA) is 138 Å². The molecule has 1 saturated carbocycles. The number of nitrogens with zero attached hydrogens (tertiary/aromatic N) is 3. The lowest BCUT2D eigenvalue weighted by Crippen LogP contribution is -2.41. The van der Waals surface area contributed by atoms with Crippen LogP contribution in [0.3, 0.4) is 0 Å². The van der Waals surface area contributed by atoms with Crippen LogP contribution in [0.25, 0.3) is 0 Å². The second kappa shape index (κ2) is 7.16. The summed E-state index contributed by atoms with van der Waals surface area (Å²) in [6.07, 6.45) is 4.94. The van der Waals surface area contributed by atoms with Gasteiger partial charge in [-0.3, -0.25) is 9.59 Å². The van der Waals surface area contributed by atoms with Crippen molar-refractivity contribution in [2.45, 2.75) is 38.8 Å². The zero-order chi connectivity index (χ0) is 21.6. The number of hydrogen-bond donors (Lipinski definition) is 3. The minimum Gasteiger partial charge on any atom is -0.488 e. The van der Waals surface area contributed by atoms with Crippen molar-refractivity contribution in [3.8, 4) is 5.75 Å². The first-order valence-corrected chi connectivity index (χ1v) is 9.93. The molecule has 1 amide bonds. The van der Waals surface area contributed by atoms with Gasteiger partial charge in [-0.05, 0) is 57.2 Å². The van der Waals surface area contributed by atoms with E-state index in [9.17, 15) is 9.59 Å². The van der Waals surface area contributed by atoms with Gasteiger partial charge in [-0.1, -0.05) is 18.2 Å². The number of nitrogens with two attached hydrogens (primary N) is 2. The molecule has 0 aliphatic heterocycles. The molecule has 158 valence electrons. The Morgan fingerprint density at radius 2 is 1.97 bits per heavy atom. The maximum Gasteiger partial charge on any atom is 0.281 e. The summed E-state index contributed by atoms with van der Waals surface area (Å²) in [5, 5.41) is 7.26. The van der Waals surface area contributed by atoms with Gasteiger partial charge in [0.25, 0.3) is 5.91 Å². The van der Waals surface area contributed by atoms with Gasteiger partial charge in [-0.15, -0.1) is 5.10 Å². The van der Waals surface area contributed by atoms with Crippen molar-refractivity contribution >= 4 is 23.7 Å². The largest absolute Gasteiger partial charge is 0.488 e. The summed E-state index contributed by atoms with van der Waals surface area (Å²) < 4.78 is 6.97. The van der Waals surface area contributed by atoms with Crippen LogP contribution >= 0.6 is 0 Å². The third kappa shape index (κ3) is 3.74. The fraction of sp³-hybridized carbons (Fsp3) is 0.429. The van der Waals surface area contributed by atoms with Crippen LogP contribution in [0.5, 0.6) is 5.75 Å². The molecule has 9 nitrogen and oxygen atoms in total. The number of allylic oxidation sites excluding steroid dienone is 1. The number of aromatic nitrogens is 3. The smallest absolute Gasteiger partial charge is 0.281 e. The molecule has 1 fully saturated rings. The molecular formula is C21H26N6O3. The maximum atomic E-state index is 13.2. The predicted octanol–water partition coefficient (Wildman–Crippen LogP) is 1.81. The van der Waals surface area contributed by atoms with Crippen molar-refractivity contribution in [3.63, 3.8) is 0 Å². The number of hydrogen-bond acceptors (Lipinski definition) is 7. The molecule has 9 heteroatoms. The third-order valence-electron chi connectivity index (χ3n) is 5.40. The highest BCUT2D eigenvalue weighted by atomic mass is 16.5. The number of benzene rings is 1. The van der Waals surface area contributed by atoms with E-state index >= 15 is 0 Å². The molecule has 2 bridgehead atoms. The Morgan fingerprint density at radius 1 is 1.23 bits per heavy atom. The number of primary amides is 1. The zero-order valence-corrected chi connectivity index (χ0v) is 17.2. The molecular weight excluding hydrogens is 384 g/mol. The highest BCUT2D eigenvalue weighted by Gasteiger charge is 2.48. The summed E-state index contributed by atoms with van der Waals surface area (Å²) in [5.74, 6) is -0.192. The van der Waals surface area contributed by atoms with Gasteiger partial charge in [-0.2, -0.15) is 9.67 Å². The fourth-order valence-corrected chi connectivity index (χ4v) is 4.29. The van der Waals surface area contributed by atoms with E-state index in [-0.39, 0.29) is 41.6 Å². The molecule has 0 saturated heterocycles. The average Bonchev–Trinajstić information content (AvgIpc) is 3.34. The Labute approximate surface area is 174 Å². The van der Waals surface area contributed by atoms with Crippen LogP contribution in [-0.4, -0.2) is 38.2 Å². The molecule has 1 aromatic heterocycles. The zero-order valence-electron chi connectivity index (χ0n) is 17.2. The molecule has 30 heavy (non-hydrogen) atoms. The van der Waals surface area contributed by atoms with Gasteiger partial charge in [0.05, 0.1) is 5.92 Å². The predicted molar refractivity (Wildman–Crippen MR) is 112 cm³/mol. The van der Waals surface area contributed by atoms with Crippen molar-refractivity contribution in [1.29, 1.82) is 0 Å². The lowest BCUT2D eigenvalue weighted by Gasteiger charge is -2.26. The van der Waals surface area contributed by atoms with Crippen LogP contribution in [0.1, 0.15) is 37.6 Å². The minimum absolute atomic E-state index is 0.0396. The first kappa shape index (κ1) is 19.9. The van der Waals surface area contributed by atoms with Gasteiger partial charge in [0.15, 0.2) is 0 Å². The summed E-state index contributed by atoms with van der Waals surface area (Å²) in [4.78, 5) is 29.3. The normalized spacial score (nSPS) is 24.8. The van der Waals surface area contributed by atoms with Gasteiger partial charge in [0, 0.05) is 11.6 Å². The summed E-state index contributed by atoms with van der Waals surface area (Å²) in [6.45, 7) is 5.79. The molecule has 4 rings (SSSR count). The van der Waals surface area contributed by atoms with Gasteiger partial charge in [0.1, 0.15) is 11.4 Å². The molecule has 1 aromatic carbocycles. The van der Waals surface area contributed by atoms with E-state index in [2.05, 4.69) is 21.5 Å². The van der Waals surface area contributed by atoms with E-state index in [1.165, 1.54) is 0 Å². The van der Waals surface area contributed by atoms with Crippen molar-refractivity contribution in [2.24, 2.45) is 23.5 Å². The fourth-order valence-electron chi connectivity index (χ4n) is 4.29. The highest BCUT2D eigenvalue weighted by molar-refractivity contribution is 5.97. The minimum atomic E-state index is -0.407. The number of ether oxygens (including phenoxy) is 1. The molecule has 4 unspecified atom stereocenters. The number of carbonyl (C=O) groups is 2. The SMILES string of the molecule is CC(C)(C)Oc1cccc(C(=O)n2nc(N)nc2NC2C3C=CC(C3)C2C(N)=O)c1. The van der Waals surface area contributed by atoms with Crippen LogP contribution in [0.4, 0.5) is 11.9 Å². The first-order chi connectivity index (χ1) is 14.1. The van der Waals surface area contributed by atoms with Gasteiger partial charge >= 0.3 is 0 Å². The monoisotopic (exact) mass is 410 g/mol. The van der Waals surface area contributed by atoms with Crippen molar-refractivity contribution in [2.75, 3.05) is 11.1 Å². The number of amides is 1. The van der Waals surface area contributed by atoms with E-state index in [1.54, 1.807) is 24.3 Å². The molecule has 5 N–H and O–H groups in total.